The number of carbonyl (C=O) groups is 2. The third-order valence-electron chi connectivity index (χ3n) is 10.3. The van der Waals surface area contributed by atoms with Crippen LogP contribution in [-0.4, -0.2) is 45.2 Å². The molecule has 0 amide bonds. The van der Waals surface area contributed by atoms with Crippen molar-refractivity contribution >= 4 is 11.9 Å². The molecule has 0 aromatic heterocycles. The largest absolute Gasteiger partial charge is 0.463 e. The van der Waals surface area contributed by atoms with Crippen molar-refractivity contribution < 1.29 is 28.5 Å². The van der Waals surface area contributed by atoms with Crippen molar-refractivity contribution in [2.24, 2.45) is 0 Å². The lowest BCUT2D eigenvalue weighted by Crippen LogP contribution is -2.29. The first kappa shape index (κ1) is 49.9. The summed E-state index contributed by atoms with van der Waals surface area (Å²) >= 11 is 0. The van der Waals surface area contributed by atoms with E-state index in [1.165, 1.54) is 193 Å². The average Bonchev–Trinajstić information content (AvgIpc) is 3.13. The van der Waals surface area contributed by atoms with Crippen LogP contribution < -0.4 is 0 Å². The van der Waals surface area contributed by atoms with Crippen LogP contribution in [0.25, 0.3) is 0 Å². The fraction of sp³-hybridized carbons (Fsp3) is 0.956. The molecule has 0 aliphatic heterocycles. The van der Waals surface area contributed by atoms with Gasteiger partial charge in [-0.25, -0.2) is 0 Å². The zero-order valence-electron chi connectivity index (χ0n) is 34.6. The predicted octanol–water partition coefficient (Wildman–Crippen LogP) is 14.1. The van der Waals surface area contributed by atoms with E-state index < -0.39 is 6.10 Å². The number of carbonyl (C=O) groups excluding carboxylic acids is 2. The van der Waals surface area contributed by atoms with Gasteiger partial charge in [0.15, 0.2) is 0 Å². The van der Waals surface area contributed by atoms with Crippen LogP contribution in [0, 0.1) is 0 Å². The van der Waals surface area contributed by atoms with Gasteiger partial charge in [0.2, 0.25) is 0 Å². The second-order valence-electron chi connectivity index (χ2n) is 15.4. The maximum Gasteiger partial charge on any atom is 0.305 e. The van der Waals surface area contributed by atoms with Crippen LogP contribution in [0.2, 0.25) is 0 Å². The van der Waals surface area contributed by atoms with Crippen molar-refractivity contribution in [1.82, 2.24) is 0 Å². The molecule has 0 atom stereocenters. The molecule has 0 N–H and O–H groups in total. The summed E-state index contributed by atoms with van der Waals surface area (Å²) in [4.78, 5) is 24.6. The van der Waals surface area contributed by atoms with Crippen LogP contribution in [0.1, 0.15) is 245 Å². The van der Waals surface area contributed by atoms with Crippen molar-refractivity contribution in [1.29, 1.82) is 0 Å². The Morgan fingerprint density at radius 2 is 0.608 bits per heavy atom. The Bertz CT molecular complexity index is 644. The van der Waals surface area contributed by atoms with Gasteiger partial charge in [-0.1, -0.05) is 219 Å². The van der Waals surface area contributed by atoms with Gasteiger partial charge in [-0.2, -0.15) is 0 Å². The third-order valence-corrected chi connectivity index (χ3v) is 10.3. The molecule has 0 bridgehead atoms. The highest BCUT2D eigenvalue weighted by Gasteiger charge is 2.16. The molecule has 0 spiro atoms. The Morgan fingerprint density at radius 1 is 0.373 bits per heavy atom. The van der Waals surface area contributed by atoms with E-state index in [-0.39, 0.29) is 31.9 Å². The van der Waals surface area contributed by atoms with E-state index in [2.05, 4.69) is 13.8 Å². The molecule has 0 unspecified atom stereocenters. The standard InChI is InChI=1S/C45H88O6/c1-4-6-8-10-12-14-16-18-20-22-24-26-28-30-32-34-36-38-44(46)49-40-43(51-42-48-3)41-50-45(47)39-37-35-33-31-29-27-25-23-21-19-17-15-13-11-9-7-5-2/h43H,4-42H2,1-3H3. The molecule has 6 nitrogen and oxygen atoms in total. The summed E-state index contributed by atoms with van der Waals surface area (Å²) in [7, 11) is 1.55. The predicted molar refractivity (Wildman–Crippen MR) is 216 cm³/mol. The SMILES string of the molecule is CCCCCCCCCCCCCCCCCCCC(=O)OCC(COC(=O)CCCCCCCCCCCCCCCCCCC)OCOC. The highest BCUT2D eigenvalue weighted by Crippen LogP contribution is 2.16. The quantitative estimate of drug-likeness (QED) is 0.0354. The van der Waals surface area contributed by atoms with Crippen LogP contribution in [0.5, 0.6) is 0 Å². The maximum absolute atomic E-state index is 12.3. The third kappa shape index (κ3) is 41.5. The molecule has 0 aliphatic rings. The molecule has 0 aromatic carbocycles. The van der Waals surface area contributed by atoms with Crippen LogP contribution in [0.3, 0.4) is 0 Å². The van der Waals surface area contributed by atoms with Crippen LogP contribution in [0.15, 0.2) is 0 Å². The van der Waals surface area contributed by atoms with Crippen molar-refractivity contribution in [2.45, 2.75) is 251 Å². The summed E-state index contributed by atoms with van der Waals surface area (Å²) in [6, 6.07) is 0. The molecule has 51 heavy (non-hydrogen) atoms. The van der Waals surface area contributed by atoms with Gasteiger partial charge < -0.3 is 18.9 Å². The van der Waals surface area contributed by atoms with Crippen LogP contribution >= 0.6 is 0 Å². The molecule has 0 radical (unpaired) electrons. The van der Waals surface area contributed by atoms with Gasteiger partial charge in [0.25, 0.3) is 0 Å². The maximum atomic E-state index is 12.3. The summed E-state index contributed by atoms with van der Waals surface area (Å²) in [5.74, 6) is -0.423. The number of hydrogen-bond donors (Lipinski definition) is 0. The molecule has 0 rings (SSSR count). The molecule has 0 fully saturated rings. The van der Waals surface area contributed by atoms with Crippen molar-refractivity contribution in [3.05, 3.63) is 0 Å². The molecular weight excluding hydrogens is 636 g/mol. The van der Waals surface area contributed by atoms with Crippen molar-refractivity contribution in [2.75, 3.05) is 27.1 Å². The number of unbranched alkanes of at least 4 members (excludes halogenated alkanes) is 32. The highest BCUT2D eigenvalue weighted by molar-refractivity contribution is 5.69. The Kier molecular flexibility index (Phi) is 42.3. The lowest BCUT2D eigenvalue weighted by molar-refractivity contribution is -0.162. The first-order valence-electron chi connectivity index (χ1n) is 22.6. The molecule has 0 saturated heterocycles. The molecular formula is C45H88O6. The normalized spacial score (nSPS) is 11.5. The minimum absolute atomic E-state index is 0.0676. The number of ether oxygens (including phenoxy) is 4. The van der Waals surface area contributed by atoms with E-state index in [0.29, 0.717) is 12.8 Å². The Morgan fingerprint density at radius 3 is 0.843 bits per heavy atom. The van der Waals surface area contributed by atoms with Gasteiger partial charge in [-0.05, 0) is 12.8 Å². The summed E-state index contributed by atoms with van der Waals surface area (Å²) in [6.45, 7) is 4.78. The molecule has 304 valence electrons. The zero-order chi connectivity index (χ0) is 37.1. The van der Waals surface area contributed by atoms with E-state index in [0.717, 1.165) is 25.7 Å². The van der Waals surface area contributed by atoms with E-state index in [1.54, 1.807) is 7.11 Å². The van der Waals surface area contributed by atoms with Gasteiger partial charge in [0.1, 0.15) is 26.1 Å². The zero-order valence-corrected chi connectivity index (χ0v) is 34.6. The van der Waals surface area contributed by atoms with Gasteiger partial charge in [0, 0.05) is 20.0 Å². The van der Waals surface area contributed by atoms with E-state index in [4.69, 9.17) is 18.9 Å². The van der Waals surface area contributed by atoms with Crippen molar-refractivity contribution in [3.8, 4) is 0 Å². The lowest BCUT2D eigenvalue weighted by Gasteiger charge is -2.17. The topological polar surface area (TPSA) is 71.1 Å². The number of hydrogen-bond acceptors (Lipinski definition) is 6. The Labute approximate surface area is 318 Å². The fourth-order valence-corrected chi connectivity index (χ4v) is 6.81. The van der Waals surface area contributed by atoms with Gasteiger partial charge in [0.05, 0.1) is 0 Å². The highest BCUT2D eigenvalue weighted by atomic mass is 16.7. The second kappa shape index (κ2) is 43.3. The average molecular weight is 725 g/mol. The van der Waals surface area contributed by atoms with Crippen LogP contribution in [0.4, 0.5) is 0 Å². The molecule has 0 heterocycles. The number of rotatable bonds is 43. The second-order valence-corrected chi connectivity index (χ2v) is 15.4. The molecule has 0 aliphatic carbocycles. The number of esters is 2. The molecule has 6 heteroatoms. The minimum atomic E-state index is -0.510. The van der Waals surface area contributed by atoms with Gasteiger partial charge in [-0.15, -0.1) is 0 Å². The first-order chi connectivity index (χ1) is 25.1. The summed E-state index contributed by atoms with van der Waals surface area (Å²) in [6.07, 6.45) is 45.2. The molecule has 0 saturated carbocycles. The Balaban J connectivity index is 3.63. The van der Waals surface area contributed by atoms with Crippen LogP contribution in [-0.2, 0) is 28.5 Å². The fourth-order valence-electron chi connectivity index (χ4n) is 6.81. The van der Waals surface area contributed by atoms with Gasteiger partial charge >= 0.3 is 11.9 Å². The number of methoxy groups -OCH3 is 1. The smallest absolute Gasteiger partial charge is 0.305 e. The first-order valence-corrected chi connectivity index (χ1v) is 22.6. The van der Waals surface area contributed by atoms with E-state index in [9.17, 15) is 9.59 Å². The monoisotopic (exact) mass is 725 g/mol. The minimum Gasteiger partial charge on any atom is -0.463 e. The Hall–Kier alpha value is -1.14. The summed E-state index contributed by atoms with van der Waals surface area (Å²) in [5, 5.41) is 0. The van der Waals surface area contributed by atoms with E-state index in [1.807, 2.05) is 0 Å². The van der Waals surface area contributed by atoms with Crippen molar-refractivity contribution in [3.63, 3.8) is 0 Å². The molecule has 0 aromatic rings. The summed E-state index contributed by atoms with van der Waals surface area (Å²) in [5.41, 5.74) is 0. The van der Waals surface area contributed by atoms with E-state index >= 15 is 0 Å². The van der Waals surface area contributed by atoms with Gasteiger partial charge in [-0.3, -0.25) is 9.59 Å². The lowest BCUT2D eigenvalue weighted by atomic mass is 10.0. The summed E-state index contributed by atoms with van der Waals surface area (Å²) < 4.78 is 21.5.